The molecule has 0 saturated carbocycles. The van der Waals surface area contributed by atoms with Gasteiger partial charge in [0.15, 0.2) is 0 Å². The van der Waals surface area contributed by atoms with Gasteiger partial charge in [-0.3, -0.25) is 9.36 Å². The van der Waals surface area contributed by atoms with Crippen molar-refractivity contribution in [3.05, 3.63) is 48.6 Å². The third kappa shape index (κ3) is 65.9. The van der Waals surface area contributed by atoms with Gasteiger partial charge in [0.05, 0.1) is 39.9 Å². The number of aliphatic hydroxyl groups excluding tert-OH is 1. The molecule has 0 aliphatic rings. The Morgan fingerprint density at radius 2 is 0.691 bits per heavy atom. The van der Waals surface area contributed by atoms with Crippen molar-refractivity contribution in [1.82, 2.24) is 5.32 Å². The zero-order valence-corrected chi connectivity index (χ0v) is 55.6. The predicted molar refractivity (Wildman–Crippen MR) is 353 cm³/mol. The van der Waals surface area contributed by atoms with Crippen LogP contribution in [-0.4, -0.2) is 68.5 Å². The van der Waals surface area contributed by atoms with Crippen molar-refractivity contribution in [2.75, 3.05) is 40.9 Å². The third-order valence-electron chi connectivity index (χ3n) is 16.2. The fourth-order valence-corrected chi connectivity index (χ4v) is 11.4. The summed E-state index contributed by atoms with van der Waals surface area (Å²) in [5.74, 6) is -0.205. The van der Waals surface area contributed by atoms with Crippen LogP contribution in [0.15, 0.2) is 48.6 Å². The average Bonchev–Trinajstić information content (AvgIpc) is 3.43. The molecule has 0 fully saturated rings. The fourth-order valence-electron chi connectivity index (χ4n) is 10.7. The maximum absolute atomic E-state index is 13.0. The van der Waals surface area contributed by atoms with Crippen LogP contribution in [0.2, 0.25) is 0 Å². The summed E-state index contributed by atoms with van der Waals surface area (Å²) < 4.78 is 23.4. The van der Waals surface area contributed by atoms with Crippen molar-refractivity contribution < 1.29 is 32.9 Å². The lowest BCUT2D eigenvalue weighted by molar-refractivity contribution is -0.870. The molecule has 0 bridgehead atoms. The number of allylic oxidation sites excluding steroid dienone is 7. The van der Waals surface area contributed by atoms with Gasteiger partial charge in [0, 0.05) is 6.42 Å². The average molecular weight is 1160 g/mol. The first-order valence-electron chi connectivity index (χ1n) is 35.5. The van der Waals surface area contributed by atoms with E-state index in [0.29, 0.717) is 17.4 Å². The maximum atomic E-state index is 13.0. The second-order valence-corrected chi connectivity index (χ2v) is 27.0. The van der Waals surface area contributed by atoms with Crippen molar-refractivity contribution in [3.63, 3.8) is 0 Å². The zero-order valence-electron chi connectivity index (χ0n) is 54.8. The largest absolute Gasteiger partial charge is 0.756 e. The number of rotatable bonds is 66. The van der Waals surface area contributed by atoms with Gasteiger partial charge >= 0.3 is 0 Å². The molecule has 0 radical (unpaired) electrons. The van der Waals surface area contributed by atoms with Crippen molar-refractivity contribution in [3.8, 4) is 0 Å². The molecule has 3 unspecified atom stereocenters. The minimum absolute atomic E-state index is 0.00812. The van der Waals surface area contributed by atoms with Gasteiger partial charge in [-0.1, -0.05) is 326 Å². The topological polar surface area (TPSA) is 108 Å². The Balaban J connectivity index is 4.10. The summed E-state index contributed by atoms with van der Waals surface area (Å²) in [4.78, 5) is 25.6. The molecule has 0 aromatic carbocycles. The smallest absolute Gasteiger partial charge is 0.268 e. The standard InChI is InChI=1S/C72H139N2O6P/c1-6-8-10-12-14-16-18-20-22-24-26-28-30-32-34-36-37-38-40-42-44-46-48-50-52-54-56-58-60-62-64-66-72(76)73-70(69-80-81(77,78)79-68-67-74(3,4)5)71(75)65-63-61-59-57-55-53-51-49-47-45-43-41-39-35-33-31-29-27-25-23-21-19-17-15-13-11-9-7-2/h24,26,47,49,55,57,63,65,70-71,75H,6-23,25,27-46,48,50-54,56,58-62,64,66-69H2,1-5H3,(H-,73,76,77,78)/b26-24-,49-47+,57-55+,65-63+. The summed E-state index contributed by atoms with van der Waals surface area (Å²) in [6.07, 6.45) is 85.3. The Bertz CT molecular complexity index is 1460. The Morgan fingerprint density at radius 3 is 1.00 bits per heavy atom. The molecule has 2 N–H and O–H groups in total. The number of hydrogen-bond donors (Lipinski definition) is 2. The second-order valence-electron chi connectivity index (χ2n) is 25.6. The highest BCUT2D eigenvalue weighted by molar-refractivity contribution is 7.45. The quantitative estimate of drug-likeness (QED) is 0.0272. The summed E-state index contributed by atoms with van der Waals surface area (Å²) in [5.41, 5.74) is 0. The van der Waals surface area contributed by atoms with Crippen LogP contribution in [0.4, 0.5) is 0 Å². The number of nitrogens with zero attached hydrogens (tertiary/aromatic N) is 1. The Hall–Kier alpha value is -1.54. The number of quaternary nitrogens is 1. The molecule has 478 valence electrons. The minimum atomic E-state index is -4.62. The van der Waals surface area contributed by atoms with Crippen LogP contribution in [0.25, 0.3) is 0 Å². The normalized spacial score (nSPS) is 13.9. The molecule has 0 heterocycles. The number of likely N-dealkylation sites (N-methyl/N-ethyl adjacent to an activating group) is 1. The lowest BCUT2D eigenvalue weighted by Gasteiger charge is -2.29. The van der Waals surface area contributed by atoms with E-state index in [0.717, 1.165) is 44.9 Å². The van der Waals surface area contributed by atoms with E-state index in [2.05, 4.69) is 55.6 Å². The van der Waals surface area contributed by atoms with Crippen molar-refractivity contribution in [1.29, 1.82) is 0 Å². The number of phosphoric acid groups is 1. The van der Waals surface area contributed by atoms with Crippen molar-refractivity contribution in [2.45, 2.75) is 366 Å². The van der Waals surface area contributed by atoms with E-state index >= 15 is 0 Å². The van der Waals surface area contributed by atoms with E-state index in [-0.39, 0.29) is 12.5 Å². The molecular weight excluding hydrogens is 1020 g/mol. The van der Waals surface area contributed by atoms with E-state index in [1.807, 2.05) is 27.2 Å². The molecule has 3 atom stereocenters. The van der Waals surface area contributed by atoms with Gasteiger partial charge in [-0.15, -0.1) is 0 Å². The first-order valence-corrected chi connectivity index (χ1v) is 37.0. The predicted octanol–water partition coefficient (Wildman–Crippen LogP) is 22.0. The first-order chi connectivity index (χ1) is 39.5. The van der Waals surface area contributed by atoms with Gasteiger partial charge in [-0.2, -0.15) is 0 Å². The highest BCUT2D eigenvalue weighted by Gasteiger charge is 2.23. The number of hydrogen-bond acceptors (Lipinski definition) is 6. The molecule has 0 saturated heterocycles. The number of aliphatic hydroxyl groups is 1. The van der Waals surface area contributed by atoms with Crippen LogP contribution in [0.1, 0.15) is 354 Å². The molecular formula is C72H139N2O6P. The van der Waals surface area contributed by atoms with Gasteiger partial charge in [0.2, 0.25) is 5.91 Å². The molecule has 0 rings (SSSR count). The van der Waals surface area contributed by atoms with E-state index in [9.17, 15) is 19.4 Å². The second kappa shape index (κ2) is 63.0. The Morgan fingerprint density at radius 1 is 0.420 bits per heavy atom. The van der Waals surface area contributed by atoms with E-state index in [4.69, 9.17) is 9.05 Å². The molecule has 8 nitrogen and oxygen atoms in total. The number of phosphoric ester groups is 1. The number of amides is 1. The van der Waals surface area contributed by atoms with Crippen LogP contribution in [-0.2, 0) is 18.4 Å². The first kappa shape index (κ1) is 79.5. The number of carbonyl (C=O) groups is 1. The highest BCUT2D eigenvalue weighted by Crippen LogP contribution is 2.38. The molecule has 81 heavy (non-hydrogen) atoms. The van der Waals surface area contributed by atoms with Gasteiger partial charge in [0.25, 0.3) is 7.82 Å². The van der Waals surface area contributed by atoms with Gasteiger partial charge in [-0.05, 0) is 70.6 Å². The molecule has 9 heteroatoms. The fraction of sp³-hybridized carbons (Fsp3) is 0.875. The van der Waals surface area contributed by atoms with Gasteiger partial charge in [0.1, 0.15) is 13.2 Å². The summed E-state index contributed by atoms with van der Waals surface area (Å²) in [6.45, 7) is 4.67. The number of carbonyl (C=O) groups excluding carboxylic acids is 1. The molecule has 0 aromatic rings. The molecule has 0 aliphatic carbocycles. The summed E-state index contributed by atoms with van der Waals surface area (Å²) in [6, 6.07) is -0.911. The highest BCUT2D eigenvalue weighted by atomic mass is 31.2. The van der Waals surface area contributed by atoms with Crippen LogP contribution >= 0.6 is 7.82 Å². The molecule has 0 aliphatic heterocycles. The monoisotopic (exact) mass is 1160 g/mol. The lowest BCUT2D eigenvalue weighted by Crippen LogP contribution is -2.45. The van der Waals surface area contributed by atoms with Crippen LogP contribution < -0.4 is 10.2 Å². The van der Waals surface area contributed by atoms with E-state index in [1.54, 1.807) is 6.08 Å². The maximum Gasteiger partial charge on any atom is 0.268 e. The lowest BCUT2D eigenvalue weighted by atomic mass is 10.0. The number of unbranched alkanes of at least 4 members (excludes halogenated alkanes) is 47. The third-order valence-corrected chi connectivity index (χ3v) is 17.2. The van der Waals surface area contributed by atoms with Gasteiger partial charge < -0.3 is 28.8 Å². The van der Waals surface area contributed by atoms with Crippen molar-refractivity contribution >= 4 is 13.7 Å². The molecule has 1 amide bonds. The van der Waals surface area contributed by atoms with Crippen LogP contribution in [0.5, 0.6) is 0 Å². The number of nitrogens with one attached hydrogen (secondary N) is 1. The summed E-state index contributed by atoms with van der Waals surface area (Å²) in [5, 5.41) is 13.9. The minimum Gasteiger partial charge on any atom is -0.756 e. The Labute approximate surface area is 505 Å². The van der Waals surface area contributed by atoms with Crippen LogP contribution in [0, 0.1) is 0 Å². The Kier molecular flexibility index (Phi) is 61.8. The van der Waals surface area contributed by atoms with Crippen LogP contribution in [0.3, 0.4) is 0 Å². The summed E-state index contributed by atoms with van der Waals surface area (Å²) in [7, 11) is 1.25. The van der Waals surface area contributed by atoms with E-state index in [1.165, 1.54) is 289 Å². The molecule has 0 aromatic heterocycles. The SMILES string of the molecule is CCCCCCCCCC/C=C\CCCCCCCCCCCCCCCCCCCCCC(=O)NC(COP(=O)([O-])OCC[N+](C)(C)C)C(O)/C=C/CC/C=C/CC/C=C/CCCCCCCCCCCCCCCCCCCC. The summed E-state index contributed by atoms with van der Waals surface area (Å²) >= 11 is 0. The zero-order chi connectivity index (χ0) is 59.1. The molecule has 0 spiro atoms. The van der Waals surface area contributed by atoms with Gasteiger partial charge in [-0.25, -0.2) is 0 Å². The van der Waals surface area contributed by atoms with E-state index < -0.39 is 26.6 Å². The van der Waals surface area contributed by atoms with Crippen molar-refractivity contribution in [2.24, 2.45) is 0 Å².